The molecule has 0 atom stereocenters. The summed E-state index contributed by atoms with van der Waals surface area (Å²) in [5.41, 5.74) is 1.49. The lowest BCUT2D eigenvalue weighted by molar-refractivity contribution is -0.135. The van der Waals surface area contributed by atoms with Gasteiger partial charge < -0.3 is 9.64 Å². The number of hydrogen-bond donors (Lipinski definition) is 0. The molecule has 3 rings (SSSR count). The maximum absolute atomic E-state index is 12.3. The number of benzene rings is 1. The van der Waals surface area contributed by atoms with Crippen molar-refractivity contribution in [1.29, 1.82) is 0 Å². The first kappa shape index (κ1) is 17.9. The lowest BCUT2D eigenvalue weighted by Gasteiger charge is -2.26. The van der Waals surface area contributed by atoms with Gasteiger partial charge in [-0.3, -0.25) is 4.79 Å². The Morgan fingerprint density at radius 2 is 1.88 bits per heavy atom. The third-order valence-corrected chi connectivity index (χ3v) is 5.55. The fraction of sp³-hybridized carbons (Fsp3) is 0.389. The highest BCUT2D eigenvalue weighted by atomic mass is 35.5. The number of halogens is 1. The Bertz CT molecular complexity index is 767. The summed E-state index contributed by atoms with van der Waals surface area (Å²) in [7, 11) is 0. The van der Waals surface area contributed by atoms with E-state index in [4.69, 9.17) is 16.3 Å². The van der Waals surface area contributed by atoms with E-state index in [9.17, 15) is 9.59 Å². The van der Waals surface area contributed by atoms with Gasteiger partial charge in [0.15, 0.2) is 6.61 Å². The van der Waals surface area contributed by atoms with Crippen LogP contribution in [0.4, 0.5) is 0 Å². The van der Waals surface area contributed by atoms with Gasteiger partial charge in [0.25, 0.3) is 5.91 Å². The van der Waals surface area contributed by atoms with Gasteiger partial charge in [-0.05, 0) is 38.3 Å². The van der Waals surface area contributed by atoms with E-state index in [1.165, 1.54) is 11.3 Å². The average molecular weight is 379 g/mol. The number of piperidine rings is 1. The van der Waals surface area contributed by atoms with Crippen LogP contribution in [-0.4, -0.2) is 41.5 Å². The Morgan fingerprint density at radius 3 is 2.56 bits per heavy atom. The molecule has 1 aromatic carbocycles. The molecule has 0 saturated carbocycles. The number of likely N-dealkylation sites (tertiary alicyclic amines) is 1. The molecular weight excluding hydrogens is 360 g/mol. The highest BCUT2D eigenvalue weighted by molar-refractivity contribution is 7.17. The van der Waals surface area contributed by atoms with E-state index in [2.05, 4.69) is 4.98 Å². The van der Waals surface area contributed by atoms with Crippen molar-refractivity contribution in [2.45, 2.75) is 26.2 Å². The van der Waals surface area contributed by atoms with Crippen LogP contribution in [0.15, 0.2) is 24.3 Å². The number of thiazole rings is 1. The lowest BCUT2D eigenvalue weighted by atomic mass is 10.1. The Balaban J connectivity index is 1.64. The number of ether oxygens (including phenoxy) is 1. The molecule has 7 heteroatoms. The second kappa shape index (κ2) is 7.97. The lowest BCUT2D eigenvalue weighted by Crippen LogP contribution is -2.38. The minimum atomic E-state index is -0.499. The van der Waals surface area contributed by atoms with Gasteiger partial charge in [-0.2, -0.15) is 0 Å². The van der Waals surface area contributed by atoms with Gasteiger partial charge in [0.2, 0.25) is 0 Å². The second-order valence-electron chi connectivity index (χ2n) is 5.96. The van der Waals surface area contributed by atoms with Crippen molar-refractivity contribution in [2.75, 3.05) is 19.7 Å². The molecule has 2 heterocycles. The predicted molar refractivity (Wildman–Crippen MR) is 98.0 cm³/mol. The van der Waals surface area contributed by atoms with Crippen molar-refractivity contribution in [2.24, 2.45) is 0 Å². The van der Waals surface area contributed by atoms with E-state index >= 15 is 0 Å². The van der Waals surface area contributed by atoms with E-state index in [1.54, 1.807) is 24.0 Å². The zero-order valence-corrected chi connectivity index (χ0v) is 15.5. The number of amides is 1. The van der Waals surface area contributed by atoms with Crippen molar-refractivity contribution >= 4 is 34.8 Å². The standard InChI is InChI=1S/C18H19ClN2O3S/c1-12-16(25-17(20-12)13-5-7-14(19)8-6-13)18(23)24-11-15(22)21-9-3-2-4-10-21/h5-8H,2-4,9-11H2,1H3. The molecule has 25 heavy (non-hydrogen) atoms. The largest absolute Gasteiger partial charge is 0.451 e. The Labute approximate surface area is 155 Å². The number of hydrogen-bond acceptors (Lipinski definition) is 5. The van der Waals surface area contributed by atoms with Gasteiger partial charge in [-0.1, -0.05) is 23.7 Å². The molecule has 1 aromatic heterocycles. The summed E-state index contributed by atoms with van der Waals surface area (Å²) >= 11 is 7.15. The predicted octanol–water partition coefficient (Wildman–Crippen LogP) is 3.94. The average Bonchev–Trinajstić information content (AvgIpc) is 3.02. The summed E-state index contributed by atoms with van der Waals surface area (Å²) in [6.45, 7) is 3.04. The van der Waals surface area contributed by atoms with Gasteiger partial charge in [-0.15, -0.1) is 11.3 Å². The number of carbonyl (C=O) groups excluding carboxylic acids is 2. The Morgan fingerprint density at radius 1 is 1.20 bits per heavy atom. The summed E-state index contributed by atoms with van der Waals surface area (Å²) in [6.07, 6.45) is 3.17. The summed E-state index contributed by atoms with van der Waals surface area (Å²) in [5, 5.41) is 1.37. The smallest absolute Gasteiger partial charge is 0.350 e. The van der Waals surface area contributed by atoms with Gasteiger partial charge in [0.1, 0.15) is 9.88 Å². The molecule has 132 valence electrons. The van der Waals surface area contributed by atoms with Gasteiger partial charge in [-0.25, -0.2) is 9.78 Å². The second-order valence-corrected chi connectivity index (χ2v) is 7.39. The zero-order chi connectivity index (χ0) is 17.8. The van der Waals surface area contributed by atoms with Gasteiger partial charge in [0.05, 0.1) is 5.69 Å². The van der Waals surface area contributed by atoms with Crippen molar-refractivity contribution < 1.29 is 14.3 Å². The van der Waals surface area contributed by atoms with Crippen LogP contribution >= 0.6 is 22.9 Å². The first-order valence-electron chi connectivity index (χ1n) is 8.23. The maximum atomic E-state index is 12.3. The van der Waals surface area contributed by atoms with Crippen molar-refractivity contribution in [3.05, 3.63) is 39.9 Å². The highest BCUT2D eigenvalue weighted by Gasteiger charge is 2.21. The molecule has 1 aliphatic rings. The monoisotopic (exact) mass is 378 g/mol. The minimum absolute atomic E-state index is 0.131. The molecular formula is C18H19ClN2O3S. The number of esters is 1. The van der Waals surface area contributed by atoms with Crippen LogP contribution in [-0.2, 0) is 9.53 Å². The minimum Gasteiger partial charge on any atom is -0.451 e. The van der Waals surface area contributed by atoms with Crippen LogP contribution in [0.2, 0.25) is 5.02 Å². The Hall–Kier alpha value is -1.92. The number of nitrogens with zero attached hydrogens (tertiary/aromatic N) is 2. The van der Waals surface area contributed by atoms with E-state index in [1.807, 2.05) is 12.1 Å². The first-order chi connectivity index (χ1) is 12.0. The molecule has 5 nitrogen and oxygen atoms in total. The highest BCUT2D eigenvalue weighted by Crippen LogP contribution is 2.29. The number of aryl methyl sites for hydroxylation is 1. The number of aromatic nitrogens is 1. The quantitative estimate of drug-likeness (QED) is 0.756. The van der Waals surface area contributed by atoms with Crippen LogP contribution in [0.3, 0.4) is 0 Å². The topological polar surface area (TPSA) is 59.5 Å². The molecule has 0 radical (unpaired) electrons. The molecule has 0 bridgehead atoms. The number of carbonyl (C=O) groups is 2. The van der Waals surface area contributed by atoms with E-state index in [-0.39, 0.29) is 12.5 Å². The van der Waals surface area contributed by atoms with Crippen molar-refractivity contribution in [3.63, 3.8) is 0 Å². The van der Waals surface area contributed by atoms with Crippen LogP contribution in [0.25, 0.3) is 10.6 Å². The third kappa shape index (κ3) is 4.38. The molecule has 0 unspecified atom stereocenters. The van der Waals surface area contributed by atoms with Crippen LogP contribution in [0.5, 0.6) is 0 Å². The summed E-state index contributed by atoms with van der Waals surface area (Å²) in [5.74, 6) is -0.631. The maximum Gasteiger partial charge on any atom is 0.350 e. The van der Waals surface area contributed by atoms with E-state index in [0.29, 0.717) is 15.6 Å². The van der Waals surface area contributed by atoms with Crippen molar-refractivity contribution in [1.82, 2.24) is 9.88 Å². The van der Waals surface area contributed by atoms with Crippen LogP contribution in [0, 0.1) is 6.92 Å². The zero-order valence-electron chi connectivity index (χ0n) is 14.0. The summed E-state index contributed by atoms with van der Waals surface area (Å²) < 4.78 is 5.21. The van der Waals surface area contributed by atoms with Crippen LogP contribution in [0.1, 0.15) is 34.6 Å². The fourth-order valence-electron chi connectivity index (χ4n) is 2.73. The SMILES string of the molecule is Cc1nc(-c2ccc(Cl)cc2)sc1C(=O)OCC(=O)N1CCCCC1. The molecule has 0 spiro atoms. The molecule has 1 fully saturated rings. The molecule has 0 N–H and O–H groups in total. The van der Waals surface area contributed by atoms with Gasteiger partial charge >= 0.3 is 5.97 Å². The van der Waals surface area contributed by atoms with Gasteiger partial charge in [0, 0.05) is 23.7 Å². The molecule has 1 amide bonds. The molecule has 1 saturated heterocycles. The molecule has 0 aliphatic carbocycles. The van der Waals surface area contributed by atoms with Crippen molar-refractivity contribution in [3.8, 4) is 10.6 Å². The summed E-state index contributed by atoms with van der Waals surface area (Å²) in [4.78, 5) is 31.0. The van der Waals surface area contributed by atoms with E-state index in [0.717, 1.165) is 42.9 Å². The Kier molecular flexibility index (Phi) is 5.71. The summed E-state index contributed by atoms with van der Waals surface area (Å²) in [6, 6.07) is 7.27. The third-order valence-electron chi connectivity index (χ3n) is 4.11. The molecule has 2 aromatic rings. The number of rotatable bonds is 4. The molecule has 1 aliphatic heterocycles. The first-order valence-corrected chi connectivity index (χ1v) is 9.42. The normalized spacial score (nSPS) is 14.4. The fourth-order valence-corrected chi connectivity index (χ4v) is 3.82. The van der Waals surface area contributed by atoms with E-state index < -0.39 is 5.97 Å². The van der Waals surface area contributed by atoms with Crippen LogP contribution < -0.4 is 0 Å².